The first-order chi connectivity index (χ1) is 15.3. The summed E-state index contributed by atoms with van der Waals surface area (Å²) in [4.78, 5) is 12.5. The third-order valence-electron chi connectivity index (χ3n) is 5.29. The van der Waals surface area contributed by atoms with Crippen LogP contribution < -0.4 is 20.7 Å². The van der Waals surface area contributed by atoms with Gasteiger partial charge in [-0.3, -0.25) is 10.0 Å². The van der Waals surface area contributed by atoms with Crippen LogP contribution >= 0.6 is 11.6 Å². The number of para-hydroxylation sites is 1. The minimum atomic E-state index is -4.08. The van der Waals surface area contributed by atoms with Gasteiger partial charge in [0.15, 0.2) is 0 Å². The van der Waals surface area contributed by atoms with E-state index in [1.165, 1.54) is 0 Å². The van der Waals surface area contributed by atoms with Crippen LogP contribution in [-0.2, 0) is 14.8 Å². The van der Waals surface area contributed by atoms with E-state index in [-0.39, 0.29) is 18.0 Å². The highest BCUT2D eigenvalue weighted by atomic mass is 35.5. The fourth-order valence-electron chi connectivity index (χ4n) is 3.74. The van der Waals surface area contributed by atoms with Crippen molar-refractivity contribution in [2.24, 2.45) is 5.92 Å². The number of benzene rings is 2. The van der Waals surface area contributed by atoms with E-state index in [0.717, 1.165) is 27.6 Å². The molecule has 0 aromatic heterocycles. The molecule has 1 amide bonds. The van der Waals surface area contributed by atoms with Crippen LogP contribution in [0.25, 0.3) is 12.2 Å². The van der Waals surface area contributed by atoms with Crippen LogP contribution in [0, 0.1) is 5.92 Å². The molecule has 3 rings (SSSR count). The van der Waals surface area contributed by atoms with Gasteiger partial charge in [0.25, 0.3) is 5.91 Å². The molecule has 32 heavy (non-hydrogen) atoms. The minimum absolute atomic E-state index is 0.0320. The first kappa shape index (κ1) is 24.3. The molecule has 0 heterocycles. The topological polar surface area (TPSA) is 95.9 Å². The van der Waals surface area contributed by atoms with Gasteiger partial charge in [0, 0.05) is 6.54 Å². The van der Waals surface area contributed by atoms with Gasteiger partial charge < -0.3 is 4.74 Å². The second-order valence-electron chi connectivity index (χ2n) is 7.84. The fraction of sp³-hybridized carbons (Fsp3) is 0.348. The molecule has 1 aliphatic carbocycles. The van der Waals surface area contributed by atoms with Crippen molar-refractivity contribution in [3.05, 3.63) is 57.9 Å². The number of amides is 1. The van der Waals surface area contributed by atoms with Crippen molar-refractivity contribution >= 4 is 39.7 Å². The molecular weight excluding hydrogens is 452 g/mol. The van der Waals surface area contributed by atoms with E-state index in [9.17, 15) is 18.4 Å². The molecule has 1 atom stereocenters. The molecule has 172 valence electrons. The van der Waals surface area contributed by atoms with Crippen LogP contribution in [0.5, 0.6) is 5.75 Å². The number of sulfonamides is 1. The molecular formula is C23H27ClN2O5S. The van der Waals surface area contributed by atoms with Crippen LogP contribution in [0.3, 0.4) is 0 Å². The molecule has 7 nitrogen and oxygen atoms in total. The van der Waals surface area contributed by atoms with E-state index < -0.39 is 27.9 Å². The van der Waals surface area contributed by atoms with Crippen molar-refractivity contribution in [1.29, 1.82) is 0 Å². The Hall–Kier alpha value is -2.39. The predicted molar refractivity (Wildman–Crippen MR) is 123 cm³/mol. The third-order valence-corrected chi connectivity index (χ3v) is 7.48. The molecule has 0 unspecified atom stereocenters. The van der Waals surface area contributed by atoms with Gasteiger partial charge in [-0.15, -0.1) is 0 Å². The third kappa shape index (κ3) is 5.32. The number of hydrogen-bond acceptors (Lipinski definition) is 5. The molecule has 0 fully saturated rings. The molecule has 1 aliphatic rings. The SMILES string of the molecule is CC(C)[C@H](C(=O)NO)N(CCOc1ccccc1Cl)S(=O)(=O)c1ccc2c(c1)=CCCC=2. The van der Waals surface area contributed by atoms with Gasteiger partial charge in [-0.25, -0.2) is 13.9 Å². The summed E-state index contributed by atoms with van der Waals surface area (Å²) in [5.41, 5.74) is 1.60. The Labute approximate surface area is 193 Å². The van der Waals surface area contributed by atoms with Gasteiger partial charge in [-0.1, -0.05) is 55.8 Å². The minimum Gasteiger partial charge on any atom is -0.491 e. The average molecular weight is 479 g/mol. The Bertz CT molecular complexity index is 1200. The lowest BCUT2D eigenvalue weighted by Gasteiger charge is -2.31. The Morgan fingerprint density at radius 2 is 1.84 bits per heavy atom. The number of carbonyl (C=O) groups is 1. The van der Waals surface area contributed by atoms with Gasteiger partial charge in [0.05, 0.1) is 9.92 Å². The normalized spacial score (nSPS) is 14.3. The molecule has 0 saturated carbocycles. The predicted octanol–water partition coefficient (Wildman–Crippen LogP) is 2.29. The van der Waals surface area contributed by atoms with Crippen molar-refractivity contribution in [3.8, 4) is 5.75 Å². The van der Waals surface area contributed by atoms with Gasteiger partial charge in [-0.05, 0) is 53.5 Å². The molecule has 0 radical (unpaired) electrons. The maximum absolute atomic E-state index is 13.7. The summed E-state index contributed by atoms with van der Waals surface area (Å²) in [5, 5.41) is 11.5. The number of halogens is 1. The Balaban J connectivity index is 1.97. The largest absolute Gasteiger partial charge is 0.491 e. The number of hydroxylamine groups is 1. The summed E-state index contributed by atoms with van der Waals surface area (Å²) in [7, 11) is -4.08. The lowest BCUT2D eigenvalue weighted by Crippen LogP contribution is -2.53. The number of ether oxygens (including phenoxy) is 1. The number of carbonyl (C=O) groups excluding carboxylic acids is 1. The van der Waals surface area contributed by atoms with Crippen molar-refractivity contribution in [2.75, 3.05) is 13.2 Å². The van der Waals surface area contributed by atoms with Gasteiger partial charge >= 0.3 is 0 Å². The Morgan fingerprint density at radius 1 is 1.16 bits per heavy atom. The lowest BCUT2D eigenvalue weighted by atomic mass is 10.0. The number of fused-ring (bicyclic) bond motifs is 1. The van der Waals surface area contributed by atoms with Crippen molar-refractivity contribution in [3.63, 3.8) is 0 Å². The summed E-state index contributed by atoms with van der Waals surface area (Å²) < 4.78 is 34.1. The maximum Gasteiger partial charge on any atom is 0.262 e. The lowest BCUT2D eigenvalue weighted by molar-refractivity contribution is -0.134. The number of rotatable bonds is 9. The van der Waals surface area contributed by atoms with Crippen molar-refractivity contribution in [1.82, 2.24) is 9.79 Å². The van der Waals surface area contributed by atoms with Gasteiger partial charge in [0.1, 0.15) is 18.4 Å². The van der Waals surface area contributed by atoms with Crippen LogP contribution in [0.2, 0.25) is 5.02 Å². The smallest absolute Gasteiger partial charge is 0.262 e. The fourth-order valence-corrected chi connectivity index (χ4v) is 5.67. The summed E-state index contributed by atoms with van der Waals surface area (Å²) in [6.07, 6.45) is 5.82. The molecule has 9 heteroatoms. The highest BCUT2D eigenvalue weighted by Gasteiger charge is 2.38. The number of hydrogen-bond donors (Lipinski definition) is 2. The standard InChI is InChI=1S/C23H27ClN2O5S/c1-16(2)22(23(27)25-28)26(13-14-31-21-10-6-5-9-20(21)24)32(29,30)19-12-11-17-7-3-4-8-18(17)15-19/h5-12,15-16,22,28H,3-4,13-14H2,1-2H3,(H,25,27)/t22-/m1/s1. The second-order valence-corrected chi connectivity index (χ2v) is 10.1. The molecule has 0 bridgehead atoms. The van der Waals surface area contributed by atoms with Crippen LogP contribution in [0.15, 0.2) is 47.4 Å². The summed E-state index contributed by atoms with van der Waals surface area (Å²) in [6.45, 7) is 3.28. The van der Waals surface area contributed by atoms with Gasteiger partial charge in [-0.2, -0.15) is 4.31 Å². The van der Waals surface area contributed by atoms with Crippen molar-refractivity contribution < 1.29 is 23.2 Å². The number of nitrogens with zero attached hydrogens (tertiary/aromatic N) is 1. The van der Waals surface area contributed by atoms with E-state index in [1.54, 1.807) is 61.8 Å². The van der Waals surface area contributed by atoms with Crippen molar-refractivity contribution in [2.45, 2.75) is 37.6 Å². The molecule has 0 saturated heterocycles. The van der Waals surface area contributed by atoms with E-state index in [1.807, 2.05) is 6.08 Å². The zero-order chi connectivity index (χ0) is 23.3. The highest BCUT2D eigenvalue weighted by Crippen LogP contribution is 2.25. The Morgan fingerprint density at radius 3 is 2.50 bits per heavy atom. The number of nitrogens with one attached hydrogen (secondary N) is 1. The first-order valence-corrected chi connectivity index (χ1v) is 12.2. The van der Waals surface area contributed by atoms with Crippen LogP contribution in [0.1, 0.15) is 26.7 Å². The zero-order valence-corrected chi connectivity index (χ0v) is 19.6. The molecule has 0 spiro atoms. The second kappa shape index (κ2) is 10.5. The first-order valence-electron chi connectivity index (χ1n) is 10.4. The van der Waals surface area contributed by atoms with E-state index >= 15 is 0 Å². The van der Waals surface area contributed by atoms with Crippen LogP contribution in [-0.4, -0.2) is 43.0 Å². The molecule has 0 aliphatic heterocycles. The van der Waals surface area contributed by atoms with Crippen LogP contribution in [0.4, 0.5) is 0 Å². The van der Waals surface area contributed by atoms with E-state index in [0.29, 0.717) is 10.8 Å². The molecule has 2 N–H and O–H groups in total. The summed E-state index contributed by atoms with van der Waals surface area (Å²) >= 11 is 6.12. The maximum atomic E-state index is 13.7. The zero-order valence-electron chi connectivity index (χ0n) is 18.0. The summed E-state index contributed by atoms with van der Waals surface area (Å²) in [5.74, 6) is -0.799. The van der Waals surface area contributed by atoms with Gasteiger partial charge in [0.2, 0.25) is 10.0 Å². The van der Waals surface area contributed by atoms with E-state index in [2.05, 4.69) is 6.08 Å². The average Bonchev–Trinajstić information content (AvgIpc) is 2.78. The molecule has 2 aromatic carbocycles. The van der Waals surface area contributed by atoms with E-state index in [4.69, 9.17) is 16.3 Å². The quantitative estimate of drug-likeness (QED) is 0.426. The summed E-state index contributed by atoms with van der Waals surface area (Å²) in [6, 6.07) is 10.7. The molecule has 2 aromatic rings. The highest BCUT2D eigenvalue weighted by molar-refractivity contribution is 7.89. The monoisotopic (exact) mass is 478 g/mol. The Kier molecular flexibility index (Phi) is 7.95.